The molecule has 0 spiro atoms. The molecule has 7 rings (SSSR count). The van der Waals surface area contributed by atoms with Crippen molar-refractivity contribution in [1.29, 1.82) is 0 Å². The number of para-hydroxylation sites is 1. The van der Waals surface area contributed by atoms with E-state index in [9.17, 15) is 18.8 Å². The molecule has 3 heterocycles. The van der Waals surface area contributed by atoms with E-state index in [-0.39, 0.29) is 5.69 Å². The summed E-state index contributed by atoms with van der Waals surface area (Å²) in [6.07, 6.45) is 2.92. The van der Waals surface area contributed by atoms with Crippen LogP contribution in [0.4, 0.5) is 10.1 Å². The number of carbonyl (C=O) groups is 3. The summed E-state index contributed by atoms with van der Waals surface area (Å²) in [7, 11) is 0. The number of carbonyl (C=O) groups excluding carboxylic acids is 3. The molecule has 4 aromatic rings. The van der Waals surface area contributed by atoms with Crippen LogP contribution in [0.15, 0.2) is 115 Å². The predicted molar refractivity (Wildman–Crippen MR) is 151 cm³/mol. The topological polar surface area (TPSA) is 66.9 Å². The van der Waals surface area contributed by atoms with Crippen LogP contribution >= 0.6 is 0 Å². The average molecular weight is 545 g/mol. The van der Waals surface area contributed by atoms with Gasteiger partial charge in [0.25, 0.3) is 0 Å². The molecule has 3 aliphatic rings. The highest BCUT2D eigenvalue weighted by Gasteiger charge is 2.65. The number of ether oxygens (including phenoxy) is 1. The molecule has 4 atom stereocenters. The van der Waals surface area contributed by atoms with Crippen molar-refractivity contribution in [2.45, 2.75) is 18.2 Å². The van der Waals surface area contributed by atoms with Crippen molar-refractivity contribution in [3.8, 4) is 0 Å². The largest absolute Gasteiger partial charge is 0.451 e. The first kappa shape index (κ1) is 25.0. The van der Waals surface area contributed by atoms with Crippen LogP contribution in [0.1, 0.15) is 34.4 Å². The van der Waals surface area contributed by atoms with Gasteiger partial charge in [-0.1, -0.05) is 97.1 Å². The molecule has 7 heteroatoms. The number of imide groups is 1. The first-order valence-corrected chi connectivity index (χ1v) is 13.5. The van der Waals surface area contributed by atoms with E-state index in [2.05, 4.69) is 0 Å². The van der Waals surface area contributed by atoms with Crippen molar-refractivity contribution in [3.05, 3.63) is 143 Å². The van der Waals surface area contributed by atoms with Crippen LogP contribution in [0.2, 0.25) is 0 Å². The molecule has 0 aliphatic carbocycles. The van der Waals surface area contributed by atoms with Crippen LogP contribution in [0, 0.1) is 17.7 Å². The van der Waals surface area contributed by atoms with Gasteiger partial charge in [-0.05, 0) is 40.5 Å². The van der Waals surface area contributed by atoms with E-state index in [1.807, 2.05) is 91.0 Å². The van der Waals surface area contributed by atoms with E-state index in [1.54, 1.807) is 17.2 Å². The molecule has 0 bridgehead atoms. The Kier molecular flexibility index (Phi) is 6.00. The van der Waals surface area contributed by atoms with Crippen molar-refractivity contribution in [3.63, 3.8) is 0 Å². The molecule has 0 N–H and O–H groups in total. The zero-order chi connectivity index (χ0) is 28.1. The van der Waals surface area contributed by atoms with Crippen LogP contribution in [0.3, 0.4) is 0 Å². The number of fused-ring (bicyclic) bond motifs is 5. The number of nitrogens with zero attached hydrogens (tertiary/aromatic N) is 2. The summed E-state index contributed by atoms with van der Waals surface area (Å²) in [6, 6.07) is 30.4. The molecule has 0 aromatic heterocycles. The summed E-state index contributed by atoms with van der Waals surface area (Å²) in [5.41, 5.74) is 3.18. The summed E-state index contributed by atoms with van der Waals surface area (Å²) in [5, 5.41) is 0. The predicted octanol–water partition coefficient (Wildman–Crippen LogP) is 5.67. The lowest BCUT2D eigenvalue weighted by atomic mass is 9.84. The standard InChI is InChI=1S/C34H25FN2O4/c35-25-17-9-10-18-26(25)37-32(38)27-28(33(37)39)30(36-20-19-21-11-7-8-16-24(21)29(27)36)34(40)41-31(22-12-3-1-4-13-22)23-14-5-2-6-15-23/h1-20,27-31H/t27-,28+,29+,30-/m0/s1. The van der Waals surface area contributed by atoms with Gasteiger partial charge in [0.1, 0.15) is 11.9 Å². The number of halogens is 1. The fourth-order valence-corrected chi connectivity index (χ4v) is 6.47. The molecule has 0 radical (unpaired) electrons. The fourth-order valence-electron chi connectivity index (χ4n) is 6.47. The van der Waals surface area contributed by atoms with E-state index in [4.69, 9.17) is 4.74 Å². The normalized spacial score (nSPS) is 22.5. The summed E-state index contributed by atoms with van der Waals surface area (Å²) in [4.78, 5) is 44.9. The van der Waals surface area contributed by atoms with Gasteiger partial charge >= 0.3 is 5.97 Å². The molecule has 3 aliphatic heterocycles. The molecule has 2 saturated heterocycles. The minimum Gasteiger partial charge on any atom is -0.451 e. The summed E-state index contributed by atoms with van der Waals surface area (Å²) in [5.74, 6) is -4.38. The first-order chi connectivity index (χ1) is 20.0. The summed E-state index contributed by atoms with van der Waals surface area (Å²) >= 11 is 0. The monoisotopic (exact) mass is 544 g/mol. The molecule has 0 unspecified atom stereocenters. The van der Waals surface area contributed by atoms with E-state index >= 15 is 0 Å². The Morgan fingerprint density at radius 2 is 1.32 bits per heavy atom. The quantitative estimate of drug-likeness (QED) is 0.239. The Morgan fingerprint density at radius 1 is 0.732 bits per heavy atom. The zero-order valence-corrected chi connectivity index (χ0v) is 21.8. The molecule has 41 heavy (non-hydrogen) atoms. The van der Waals surface area contributed by atoms with Gasteiger partial charge in [-0.2, -0.15) is 0 Å². The average Bonchev–Trinajstić information content (AvgIpc) is 3.49. The lowest BCUT2D eigenvalue weighted by molar-refractivity contribution is -0.155. The molecule has 2 amide bonds. The smallest absolute Gasteiger partial charge is 0.330 e. The Morgan fingerprint density at radius 3 is 2.00 bits per heavy atom. The number of esters is 1. The minimum atomic E-state index is -1.09. The van der Waals surface area contributed by atoms with Gasteiger partial charge in [0, 0.05) is 6.20 Å². The second-order valence-corrected chi connectivity index (χ2v) is 10.4. The summed E-state index contributed by atoms with van der Waals surface area (Å²) in [6.45, 7) is 0. The highest BCUT2D eigenvalue weighted by Crippen LogP contribution is 2.53. The second-order valence-electron chi connectivity index (χ2n) is 10.4. The third-order valence-corrected chi connectivity index (χ3v) is 8.24. The Bertz CT molecular complexity index is 1650. The van der Waals surface area contributed by atoms with Crippen LogP contribution in [0.5, 0.6) is 0 Å². The maximum absolute atomic E-state index is 14.9. The highest BCUT2D eigenvalue weighted by atomic mass is 19.1. The molecular weight excluding hydrogens is 519 g/mol. The molecule has 202 valence electrons. The van der Waals surface area contributed by atoms with Gasteiger partial charge in [0.05, 0.1) is 23.6 Å². The van der Waals surface area contributed by atoms with Crippen LogP contribution < -0.4 is 4.90 Å². The number of hydrogen-bond donors (Lipinski definition) is 0. The fraction of sp³-hybridized carbons (Fsp3) is 0.147. The Labute approximate surface area is 236 Å². The van der Waals surface area contributed by atoms with Gasteiger partial charge in [-0.3, -0.25) is 9.59 Å². The van der Waals surface area contributed by atoms with Gasteiger partial charge in [0.15, 0.2) is 6.10 Å². The molecule has 6 nitrogen and oxygen atoms in total. The third-order valence-electron chi connectivity index (χ3n) is 8.24. The Hall–Kier alpha value is -5.04. The number of anilines is 1. The van der Waals surface area contributed by atoms with Gasteiger partial charge in [-0.15, -0.1) is 0 Å². The maximum atomic E-state index is 14.9. The third kappa shape index (κ3) is 3.96. The molecule has 0 saturated carbocycles. The lowest BCUT2D eigenvalue weighted by Gasteiger charge is -2.35. The van der Waals surface area contributed by atoms with Gasteiger partial charge < -0.3 is 9.64 Å². The maximum Gasteiger partial charge on any atom is 0.330 e. The highest BCUT2D eigenvalue weighted by molar-refractivity contribution is 6.24. The number of hydrogen-bond acceptors (Lipinski definition) is 5. The van der Waals surface area contributed by atoms with Crippen molar-refractivity contribution in [1.82, 2.24) is 4.90 Å². The SMILES string of the molecule is O=C(OC(c1ccccc1)c1ccccc1)[C@@H]1[C@@H]2C(=O)N(c3ccccc3F)C(=O)[C@@H]2[C@H]2c3ccccc3C=CN12. The molecule has 2 fully saturated rings. The molecular formula is C34H25FN2O4. The van der Waals surface area contributed by atoms with E-state index in [1.165, 1.54) is 18.2 Å². The van der Waals surface area contributed by atoms with Gasteiger partial charge in [0.2, 0.25) is 11.8 Å². The van der Waals surface area contributed by atoms with Crippen LogP contribution in [-0.4, -0.2) is 28.7 Å². The van der Waals surface area contributed by atoms with E-state index in [0.717, 1.165) is 27.2 Å². The second kappa shape index (κ2) is 9.86. The first-order valence-electron chi connectivity index (χ1n) is 13.5. The number of benzene rings is 4. The van der Waals surface area contributed by atoms with Crippen molar-refractivity contribution in [2.24, 2.45) is 11.8 Å². The summed E-state index contributed by atoms with van der Waals surface area (Å²) < 4.78 is 21.1. The lowest BCUT2D eigenvalue weighted by Crippen LogP contribution is -2.45. The van der Waals surface area contributed by atoms with Crippen LogP contribution in [0.25, 0.3) is 6.08 Å². The van der Waals surface area contributed by atoms with Crippen LogP contribution in [-0.2, 0) is 19.1 Å². The number of amides is 2. The van der Waals surface area contributed by atoms with Crippen molar-refractivity contribution in [2.75, 3.05) is 4.90 Å². The van der Waals surface area contributed by atoms with Crippen molar-refractivity contribution >= 4 is 29.5 Å². The Balaban J connectivity index is 1.32. The zero-order valence-electron chi connectivity index (χ0n) is 21.8. The van der Waals surface area contributed by atoms with Gasteiger partial charge in [-0.25, -0.2) is 14.1 Å². The molecule has 4 aromatic carbocycles. The minimum absolute atomic E-state index is 0.110. The number of rotatable bonds is 5. The van der Waals surface area contributed by atoms with Crippen molar-refractivity contribution < 1.29 is 23.5 Å². The van der Waals surface area contributed by atoms with E-state index < -0.39 is 53.6 Å². The van der Waals surface area contributed by atoms with E-state index in [0.29, 0.717) is 0 Å².